The van der Waals surface area contributed by atoms with Gasteiger partial charge < -0.3 is 19.6 Å². The van der Waals surface area contributed by atoms with Gasteiger partial charge in [-0.05, 0) is 25.0 Å². The predicted octanol–water partition coefficient (Wildman–Crippen LogP) is 2.31. The third kappa shape index (κ3) is 2.87. The number of aliphatic hydroxyl groups excluding tert-OH is 1. The van der Waals surface area contributed by atoms with E-state index in [2.05, 4.69) is 17.4 Å². The van der Waals surface area contributed by atoms with Gasteiger partial charge in [0.15, 0.2) is 0 Å². The Morgan fingerprint density at radius 3 is 2.95 bits per heavy atom. The number of hydrogen-bond acceptors (Lipinski definition) is 4. The molecule has 1 unspecified atom stereocenters. The van der Waals surface area contributed by atoms with Crippen LogP contribution in [0.15, 0.2) is 34.7 Å². The van der Waals surface area contributed by atoms with Crippen molar-refractivity contribution in [3.05, 3.63) is 36.1 Å². The Morgan fingerprint density at radius 2 is 2.20 bits per heavy atom. The van der Waals surface area contributed by atoms with E-state index in [1.807, 2.05) is 18.2 Å². The lowest BCUT2D eigenvalue weighted by Crippen LogP contribution is -2.35. The van der Waals surface area contributed by atoms with Crippen LogP contribution in [0.5, 0.6) is 0 Å². The van der Waals surface area contributed by atoms with Crippen LogP contribution in [0.1, 0.15) is 18.6 Å². The van der Waals surface area contributed by atoms with Gasteiger partial charge in [0.25, 0.3) is 0 Å². The first-order chi connectivity index (χ1) is 9.81. The van der Waals surface area contributed by atoms with E-state index in [-0.39, 0.29) is 12.0 Å². The summed E-state index contributed by atoms with van der Waals surface area (Å²) in [5.74, 6) is 0.948. The van der Waals surface area contributed by atoms with Gasteiger partial charge in [0, 0.05) is 30.6 Å². The van der Waals surface area contributed by atoms with E-state index < -0.39 is 0 Å². The molecule has 1 aromatic heterocycles. The molecule has 2 heterocycles. The lowest BCUT2D eigenvalue weighted by molar-refractivity contribution is 0.124. The highest BCUT2D eigenvalue weighted by atomic mass is 16.5. The first-order valence-electron chi connectivity index (χ1n) is 7.18. The average Bonchev–Trinajstić information content (AvgIpc) is 3.06. The maximum Gasteiger partial charge on any atom is 0.134 e. The number of furan rings is 1. The van der Waals surface area contributed by atoms with Gasteiger partial charge in [0.1, 0.15) is 11.3 Å². The van der Waals surface area contributed by atoms with E-state index in [0.29, 0.717) is 6.54 Å². The number of nitrogens with one attached hydrogen (secondary N) is 1. The molecule has 2 aromatic rings. The number of hydrogen-bond donors (Lipinski definition) is 2. The van der Waals surface area contributed by atoms with E-state index in [0.717, 1.165) is 49.3 Å². The lowest BCUT2D eigenvalue weighted by atomic mass is 9.84. The van der Waals surface area contributed by atoms with Crippen molar-refractivity contribution in [1.29, 1.82) is 0 Å². The molecular weight excluding hydrogens is 254 g/mol. The average molecular weight is 275 g/mol. The van der Waals surface area contributed by atoms with Gasteiger partial charge >= 0.3 is 0 Å². The SMILES string of the molecule is OCCC1(CNCc2cc3ccccc3o2)CCOC1. The van der Waals surface area contributed by atoms with E-state index in [1.165, 1.54) is 0 Å². The molecule has 0 amide bonds. The number of aliphatic hydroxyl groups is 1. The summed E-state index contributed by atoms with van der Waals surface area (Å²) in [4.78, 5) is 0. The van der Waals surface area contributed by atoms with Crippen LogP contribution in [0.25, 0.3) is 11.0 Å². The molecule has 0 spiro atoms. The fraction of sp³-hybridized carbons (Fsp3) is 0.500. The topological polar surface area (TPSA) is 54.6 Å². The van der Waals surface area contributed by atoms with Gasteiger partial charge in [0.05, 0.1) is 13.2 Å². The molecule has 108 valence electrons. The largest absolute Gasteiger partial charge is 0.460 e. The Bertz CT molecular complexity index is 525. The highest BCUT2D eigenvalue weighted by Gasteiger charge is 2.33. The molecule has 4 heteroatoms. The molecule has 20 heavy (non-hydrogen) atoms. The molecule has 3 rings (SSSR count). The van der Waals surface area contributed by atoms with Crippen molar-refractivity contribution in [3.63, 3.8) is 0 Å². The highest BCUT2D eigenvalue weighted by molar-refractivity contribution is 5.77. The van der Waals surface area contributed by atoms with Crippen molar-refractivity contribution in [2.24, 2.45) is 5.41 Å². The zero-order chi connectivity index (χ0) is 13.8. The van der Waals surface area contributed by atoms with Crippen molar-refractivity contribution in [2.75, 3.05) is 26.4 Å². The summed E-state index contributed by atoms with van der Waals surface area (Å²) in [6.07, 6.45) is 1.81. The zero-order valence-corrected chi connectivity index (χ0v) is 11.6. The van der Waals surface area contributed by atoms with E-state index in [9.17, 15) is 5.11 Å². The van der Waals surface area contributed by atoms with Crippen LogP contribution in [0.4, 0.5) is 0 Å². The van der Waals surface area contributed by atoms with Gasteiger partial charge in [-0.3, -0.25) is 0 Å². The van der Waals surface area contributed by atoms with Crippen LogP contribution in [0.2, 0.25) is 0 Å². The Balaban J connectivity index is 1.58. The summed E-state index contributed by atoms with van der Waals surface area (Å²) < 4.78 is 11.3. The number of fused-ring (bicyclic) bond motifs is 1. The Morgan fingerprint density at radius 1 is 1.30 bits per heavy atom. The minimum absolute atomic E-state index is 0.0841. The van der Waals surface area contributed by atoms with Crippen LogP contribution in [0, 0.1) is 5.41 Å². The number of benzene rings is 1. The molecule has 1 aromatic carbocycles. The second kappa shape index (κ2) is 5.95. The summed E-state index contributed by atoms with van der Waals surface area (Å²) >= 11 is 0. The third-order valence-electron chi connectivity index (χ3n) is 4.10. The second-order valence-electron chi connectivity index (χ2n) is 5.63. The zero-order valence-electron chi connectivity index (χ0n) is 11.6. The molecular formula is C16H21NO3. The summed E-state index contributed by atoms with van der Waals surface area (Å²) in [5.41, 5.74) is 1.01. The van der Waals surface area contributed by atoms with Crippen LogP contribution >= 0.6 is 0 Å². The predicted molar refractivity (Wildman–Crippen MR) is 77.5 cm³/mol. The molecule has 0 aliphatic carbocycles. The van der Waals surface area contributed by atoms with E-state index in [4.69, 9.17) is 9.15 Å². The monoisotopic (exact) mass is 275 g/mol. The Labute approximate surface area is 118 Å². The standard InChI is InChI=1S/C16H21NO3/c18-7-5-16(6-8-19-12-16)11-17-10-14-9-13-3-1-2-4-15(13)20-14/h1-4,9,17-18H,5-8,10-12H2. The van der Waals surface area contributed by atoms with E-state index >= 15 is 0 Å². The molecule has 0 radical (unpaired) electrons. The maximum absolute atomic E-state index is 9.20. The Kier molecular flexibility index (Phi) is 4.05. The normalized spacial score (nSPS) is 22.6. The third-order valence-corrected chi connectivity index (χ3v) is 4.10. The molecule has 0 saturated carbocycles. The molecule has 0 bridgehead atoms. The van der Waals surface area contributed by atoms with Crippen molar-refractivity contribution in [2.45, 2.75) is 19.4 Å². The van der Waals surface area contributed by atoms with Crippen LogP contribution in [-0.4, -0.2) is 31.5 Å². The summed E-state index contributed by atoms with van der Waals surface area (Å²) in [6, 6.07) is 10.1. The smallest absolute Gasteiger partial charge is 0.134 e. The van der Waals surface area contributed by atoms with Crippen molar-refractivity contribution < 1.29 is 14.3 Å². The van der Waals surface area contributed by atoms with Crippen molar-refractivity contribution in [3.8, 4) is 0 Å². The summed E-state index contributed by atoms with van der Waals surface area (Å²) in [7, 11) is 0. The summed E-state index contributed by atoms with van der Waals surface area (Å²) in [6.45, 7) is 3.31. The van der Waals surface area contributed by atoms with Gasteiger partial charge in [-0.25, -0.2) is 0 Å². The van der Waals surface area contributed by atoms with Crippen LogP contribution in [-0.2, 0) is 11.3 Å². The van der Waals surface area contributed by atoms with Gasteiger partial charge in [-0.1, -0.05) is 18.2 Å². The molecule has 1 atom stereocenters. The first kappa shape index (κ1) is 13.6. The van der Waals surface area contributed by atoms with Gasteiger partial charge in [-0.15, -0.1) is 0 Å². The molecule has 4 nitrogen and oxygen atoms in total. The van der Waals surface area contributed by atoms with Crippen molar-refractivity contribution in [1.82, 2.24) is 5.32 Å². The summed E-state index contributed by atoms with van der Waals surface area (Å²) in [5, 5.41) is 13.8. The fourth-order valence-electron chi connectivity index (χ4n) is 2.89. The molecule has 2 N–H and O–H groups in total. The minimum atomic E-state index is 0.0841. The number of para-hydroxylation sites is 1. The van der Waals surface area contributed by atoms with Gasteiger partial charge in [0.2, 0.25) is 0 Å². The van der Waals surface area contributed by atoms with Crippen molar-refractivity contribution >= 4 is 11.0 Å². The second-order valence-corrected chi connectivity index (χ2v) is 5.63. The molecule has 1 aliphatic rings. The molecule has 1 aliphatic heterocycles. The quantitative estimate of drug-likeness (QED) is 0.849. The van der Waals surface area contributed by atoms with E-state index in [1.54, 1.807) is 0 Å². The first-order valence-corrected chi connectivity index (χ1v) is 7.18. The van der Waals surface area contributed by atoms with Gasteiger partial charge in [-0.2, -0.15) is 0 Å². The lowest BCUT2D eigenvalue weighted by Gasteiger charge is -2.26. The number of ether oxygens (including phenoxy) is 1. The maximum atomic E-state index is 9.20. The number of rotatable bonds is 6. The fourth-order valence-corrected chi connectivity index (χ4v) is 2.89. The van der Waals surface area contributed by atoms with Crippen LogP contribution < -0.4 is 5.32 Å². The van der Waals surface area contributed by atoms with Crippen LogP contribution in [0.3, 0.4) is 0 Å². The molecule has 1 fully saturated rings. The Hall–Kier alpha value is -1.36. The highest BCUT2D eigenvalue weighted by Crippen LogP contribution is 2.31. The molecule has 1 saturated heterocycles. The minimum Gasteiger partial charge on any atom is -0.460 e.